The van der Waals surface area contributed by atoms with Crippen LogP contribution in [-0.2, 0) is 0 Å². The van der Waals surface area contributed by atoms with Gasteiger partial charge in [0.1, 0.15) is 0 Å². The fourth-order valence-electron chi connectivity index (χ4n) is 0.849. The zero-order valence-corrected chi connectivity index (χ0v) is 7.40. The zero-order valence-electron chi connectivity index (χ0n) is 6.64. The van der Waals surface area contributed by atoms with E-state index in [-0.39, 0.29) is 12.3 Å². The van der Waals surface area contributed by atoms with Crippen LogP contribution < -0.4 is 0 Å². The molecule has 5 heteroatoms. The summed E-state index contributed by atoms with van der Waals surface area (Å²) in [6, 6.07) is 6.51. The predicted octanol–water partition coefficient (Wildman–Crippen LogP) is 2.83. The van der Waals surface area contributed by atoms with Crippen LogP contribution in [0.3, 0.4) is 0 Å². The minimum atomic E-state index is -0.236. The molecule has 0 aliphatic heterocycles. The fourth-order valence-corrected chi connectivity index (χ4v) is 1.04. The van der Waals surface area contributed by atoms with E-state index in [2.05, 4.69) is 10.0 Å². The Balaban J connectivity index is 2.82. The Bertz CT molecular complexity index is 371. The normalized spacial score (nSPS) is 9.00. The Morgan fingerprint density at radius 1 is 1.62 bits per heavy atom. The highest BCUT2D eigenvalue weighted by Gasteiger charge is 2.03. The lowest BCUT2D eigenvalue weighted by atomic mass is 10.1. The first-order valence-corrected chi connectivity index (χ1v) is 3.91. The third-order valence-electron chi connectivity index (χ3n) is 1.42. The maximum atomic E-state index is 11.2. The number of Topliss-reactive ketones (excluding diaryl/α,β-unsaturated/α-hetero) is 1. The number of azide groups is 1. The molecule has 0 spiro atoms. The summed E-state index contributed by atoms with van der Waals surface area (Å²) in [6.07, 6.45) is 0. The quantitative estimate of drug-likeness (QED) is 0.317. The van der Waals surface area contributed by atoms with Crippen molar-refractivity contribution in [2.45, 2.75) is 0 Å². The third-order valence-corrected chi connectivity index (χ3v) is 1.66. The van der Waals surface area contributed by atoms with E-state index in [9.17, 15) is 4.79 Å². The van der Waals surface area contributed by atoms with E-state index in [1.54, 1.807) is 18.2 Å². The summed E-state index contributed by atoms with van der Waals surface area (Å²) in [5.41, 5.74) is 8.45. The Morgan fingerprint density at radius 2 is 2.38 bits per heavy atom. The monoisotopic (exact) mass is 195 g/mol. The number of hydrogen-bond acceptors (Lipinski definition) is 2. The number of nitrogens with zero attached hydrogens (tertiary/aromatic N) is 3. The molecule has 66 valence electrons. The Hall–Kier alpha value is -1.51. The molecular formula is C8H6ClN3O. The van der Waals surface area contributed by atoms with Gasteiger partial charge in [-0.25, -0.2) is 0 Å². The van der Waals surface area contributed by atoms with Crippen molar-refractivity contribution in [3.05, 3.63) is 45.3 Å². The van der Waals surface area contributed by atoms with Crippen LogP contribution in [0.4, 0.5) is 0 Å². The molecule has 0 saturated carbocycles. The minimum Gasteiger partial charge on any atom is -0.294 e. The van der Waals surface area contributed by atoms with Crippen molar-refractivity contribution in [3.8, 4) is 0 Å². The molecule has 4 nitrogen and oxygen atoms in total. The molecule has 0 heterocycles. The topological polar surface area (TPSA) is 65.8 Å². The summed E-state index contributed by atoms with van der Waals surface area (Å²) in [7, 11) is 0. The van der Waals surface area contributed by atoms with Crippen molar-refractivity contribution >= 4 is 17.4 Å². The van der Waals surface area contributed by atoms with E-state index in [4.69, 9.17) is 17.1 Å². The number of benzene rings is 1. The van der Waals surface area contributed by atoms with Crippen LogP contribution in [0, 0.1) is 0 Å². The van der Waals surface area contributed by atoms with Crippen molar-refractivity contribution in [2.75, 3.05) is 6.54 Å². The zero-order chi connectivity index (χ0) is 9.68. The van der Waals surface area contributed by atoms with E-state index in [0.717, 1.165) is 0 Å². The molecule has 0 unspecified atom stereocenters. The average molecular weight is 196 g/mol. The molecule has 0 N–H and O–H groups in total. The lowest BCUT2D eigenvalue weighted by Gasteiger charge is -1.96. The van der Waals surface area contributed by atoms with Crippen molar-refractivity contribution in [1.82, 2.24) is 0 Å². The Kier molecular flexibility index (Phi) is 3.31. The third kappa shape index (κ3) is 2.78. The van der Waals surface area contributed by atoms with Gasteiger partial charge in [0.2, 0.25) is 0 Å². The summed E-state index contributed by atoms with van der Waals surface area (Å²) < 4.78 is 0. The molecule has 0 atom stereocenters. The highest BCUT2D eigenvalue weighted by molar-refractivity contribution is 6.31. The van der Waals surface area contributed by atoms with Crippen molar-refractivity contribution < 1.29 is 4.79 Å². The number of halogens is 1. The highest BCUT2D eigenvalue weighted by Crippen LogP contribution is 2.11. The van der Waals surface area contributed by atoms with Crippen molar-refractivity contribution in [1.29, 1.82) is 0 Å². The lowest BCUT2D eigenvalue weighted by Crippen LogP contribution is -2.01. The molecule has 0 fully saturated rings. The van der Waals surface area contributed by atoms with Gasteiger partial charge in [0, 0.05) is 15.5 Å². The average Bonchev–Trinajstić information content (AvgIpc) is 2.14. The van der Waals surface area contributed by atoms with Crippen LogP contribution in [0.5, 0.6) is 0 Å². The number of ketones is 1. The lowest BCUT2D eigenvalue weighted by molar-refractivity contribution is 0.100. The number of carbonyl (C=O) groups is 1. The second-order valence-electron chi connectivity index (χ2n) is 2.32. The first-order chi connectivity index (χ1) is 6.24. The molecular weight excluding hydrogens is 190 g/mol. The maximum absolute atomic E-state index is 11.2. The van der Waals surface area contributed by atoms with E-state index < -0.39 is 0 Å². The molecule has 0 amide bonds. The van der Waals surface area contributed by atoms with Gasteiger partial charge in [0.25, 0.3) is 0 Å². The molecule has 13 heavy (non-hydrogen) atoms. The standard InChI is InChI=1S/C8H6ClN3O/c9-7-3-1-2-6(4-7)8(13)5-11-12-10/h1-4H,5H2. The molecule has 1 aromatic rings. The molecule has 1 rings (SSSR count). The first-order valence-electron chi connectivity index (χ1n) is 3.53. The summed E-state index contributed by atoms with van der Waals surface area (Å²) >= 11 is 5.67. The molecule has 0 bridgehead atoms. The van der Waals surface area contributed by atoms with E-state index in [0.29, 0.717) is 10.6 Å². The molecule has 0 radical (unpaired) electrons. The van der Waals surface area contributed by atoms with E-state index in [1.807, 2.05) is 0 Å². The second-order valence-corrected chi connectivity index (χ2v) is 2.76. The SMILES string of the molecule is [N-]=[N+]=NCC(=O)c1cccc(Cl)c1. The van der Waals surface area contributed by atoms with Crippen LogP contribution in [0.25, 0.3) is 10.4 Å². The summed E-state index contributed by atoms with van der Waals surface area (Å²) in [5.74, 6) is -0.236. The predicted molar refractivity (Wildman–Crippen MR) is 49.8 cm³/mol. The van der Waals surface area contributed by atoms with Crippen LogP contribution in [0.2, 0.25) is 5.02 Å². The van der Waals surface area contributed by atoms with Crippen LogP contribution in [0.15, 0.2) is 29.4 Å². The number of rotatable bonds is 3. The summed E-state index contributed by atoms with van der Waals surface area (Å²) in [5, 5.41) is 3.66. The van der Waals surface area contributed by atoms with Gasteiger partial charge in [-0.3, -0.25) is 4.79 Å². The van der Waals surface area contributed by atoms with Gasteiger partial charge in [-0.1, -0.05) is 28.8 Å². The second kappa shape index (κ2) is 4.50. The minimum absolute atomic E-state index is 0.170. The van der Waals surface area contributed by atoms with Crippen molar-refractivity contribution in [3.63, 3.8) is 0 Å². The summed E-state index contributed by atoms with van der Waals surface area (Å²) in [6.45, 7) is -0.170. The van der Waals surface area contributed by atoms with Gasteiger partial charge in [-0.15, -0.1) is 0 Å². The first kappa shape index (κ1) is 9.58. The van der Waals surface area contributed by atoms with Gasteiger partial charge in [-0.2, -0.15) is 0 Å². The number of carbonyl (C=O) groups excluding carboxylic acids is 1. The molecule has 0 aliphatic rings. The van der Waals surface area contributed by atoms with Crippen LogP contribution in [0.1, 0.15) is 10.4 Å². The largest absolute Gasteiger partial charge is 0.294 e. The smallest absolute Gasteiger partial charge is 0.168 e. The van der Waals surface area contributed by atoms with E-state index >= 15 is 0 Å². The van der Waals surface area contributed by atoms with Gasteiger partial charge >= 0.3 is 0 Å². The Morgan fingerprint density at radius 3 is 3.00 bits per heavy atom. The highest BCUT2D eigenvalue weighted by atomic mass is 35.5. The van der Waals surface area contributed by atoms with Gasteiger partial charge < -0.3 is 0 Å². The fraction of sp³-hybridized carbons (Fsp3) is 0.125. The number of hydrogen-bond donors (Lipinski definition) is 0. The van der Waals surface area contributed by atoms with Gasteiger partial charge in [0.05, 0.1) is 6.54 Å². The van der Waals surface area contributed by atoms with Crippen molar-refractivity contribution in [2.24, 2.45) is 5.11 Å². The molecule has 0 saturated heterocycles. The molecule has 0 aliphatic carbocycles. The van der Waals surface area contributed by atoms with Gasteiger partial charge in [0.15, 0.2) is 5.78 Å². The Labute approximate surface area is 79.8 Å². The molecule has 0 aromatic heterocycles. The summed E-state index contributed by atoms with van der Waals surface area (Å²) in [4.78, 5) is 13.7. The van der Waals surface area contributed by atoms with E-state index in [1.165, 1.54) is 6.07 Å². The van der Waals surface area contributed by atoms with Gasteiger partial charge in [-0.05, 0) is 17.7 Å². The molecule has 1 aromatic carbocycles. The van der Waals surface area contributed by atoms with Crippen LogP contribution in [-0.4, -0.2) is 12.3 Å². The van der Waals surface area contributed by atoms with Crippen LogP contribution >= 0.6 is 11.6 Å². The maximum Gasteiger partial charge on any atom is 0.168 e.